The van der Waals surface area contributed by atoms with Gasteiger partial charge in [-0.3, -0.25) is 0 Å². The zero-order chi connectivity index (χ0) is 15.4. The molecule has 0 aromatic heterocycles. The normalized spacial score (nSPS) is 10.3. The van der Waals surface area contributed by atoms with E-state index < -0.39 is 45.0 Å². The lowest BCUT2D eigenvalue weighted by Gasteiger charge is -2.12. The first kappa shape index (κ1) is 16.5. The summed E-state index contributed by atoms with van der Waals surface area (Å²) in [5.74, 6) is -7.37. The number of carbonyl (C=O) groups is 2. The van der Waals surface area contributed by atoms with Crippen LogP contribution in [0.25, 0.3) is 0 Å². The van der Waals surface area contributed by atoms with E-state index in [-0.39, 0.29) is 13.2 Å². The zero-order valence-corrected chi connectivity index (χ0v) is 12.1. The molecule has 0 fully saturated rings. The Balaban J connectivity index is 3.60. The lowest BCUT2D eigenvalue weighted by Crippen LogP contribution is -2.20. The zero-order valence-electron chi connectivity index (χ0n) is 10.6. The largest absolute Gasteiger partial charge is 0.462 e. The molecule has 1 rings (SSSR count). The molecule has 0 heterocycles. The number of hydrogen-bond donors (Lipinski definition) is 0. The summed E-state index contributed by atoms with van der Waals surface area (Å²) in [6, 6.07) is 0. The van der Waals surface area contributed by atoms with E-state index in [1.54, 1.807) is 0 Å². The highest BCUT2D eigenvalue weighted by molar-refractivity contribution is 9.10. The minimum Gasteiger partial charge on any atom is -0.462 e. The van der Waals surface area contributed by atoms with Gasteiger partial charge in [-0.2, -0.15) is 0 Å². The van der Waals surface area contributed by atoms with Gasteiger partial charge in [0.05, 0.1) is 17.7 Å². The predicted molar refractivity (Wildman–Crippen MR) is 65.9 cm³/mol. The Morgan fingerprint density at radius 2 is 1.30 bits per heavy atom. The molecule has 0 radical (unpaired) electrons. The Bertz CT molecular complexity index is 511. The molecule has 1 aromatic carbocycles. The Labute approximate surface area is 121 Å². The van der Waals surface area contributed by atoms with Gasteiger partial charge in [0.25, 0.3) is 0 Å². The molecule has 0 spiro atoms. The molecule has 8 heteroatoms. The number of halogens is 4. The van der Waals surface area contributed by atoms with E-state index in [1.807, 2.05) is 0 Å². The van der Waals surface area contributed by atoms with Gasteiger partial charge in [0, 0.05) is 0 Å². The van der Waals surface area contributed by atoms with Crippen LogP contribution in [-0.4, -0.2) is 25.2 Å². The number of benzene rings is 1. The smallest absolute Gasteiger partial charge is 0.342 e. The standard InChI is InChI=1S/C12H10BrF3O4/c1-3-19-11(17)5-6(12(18)20-4-2)9(15)10(16)7(13)8(5)14/h3-4H2,1-2H3. The lowest BCUT2D eigenvalue weighted by atomic mass is 10.1. The van der Waals surface area contributed by atoms with Crippen LogP contribution < -0.4 is 0 Å². The maximum absolute atomic E-state index is 13.9. The molecule has 4 nitrogen and oxygen atoms in total. The van der Waals surface area contributed by atoms with E-state index in [0.29, 0.717) is 0 Å². The van der Waals surface area contributed by atoms with E-state index in [4.69, 9.17) is 0 Å². The highest BCUT2D eigenvalue weighted by Gasteiger charge is 2.33. The third kappa shape index (κ3) is 2.95. The van der Waals surface area contributed by atoms with Gasteiger partial charge in [0.2, 0.25) is 0 Å². The van der Waals surface area contributed by atoms with Crippen LogP contribution in [0.4, 0.5) is 13.2 Å². The van der Waals surface area contributed by atoms with Gasteiger partial charge >= 0.3 is 11.9 Å². The summed E-state index contributed by atoms with van der Waals surface area (Å²) in [4.78, 5) is 23.2. The summed E-state index contributed by atoms with van der Waals surface area (Å²) in [5.41, 5.74) is -2.13. The third-order valence-corrected chi connectivity index (χ3v) is 2.92. The molecule has 1 aromatic rings. The first-order chi connectivity index (χ1) is 9.36. The van der Waals surface area contributed by atoms with Crippen LogP contribution in [0.3, 0.4) is 0 Å². The second-order valence-corrected chi connectivity index (χ2v) is 4.24. The van der Waals surface area contributed by atoms with Crippen molar-refractivity contribution in [2.24, 2.45) is 0 Å². The predicted octanol–water partition coefficient (Wildman–Crippen LogP) is 3.22. The van der Waals surface area contributed by atoms with Crippen molar-refractivity contribution in [2.45, 2.75) is 13.8 Å². The van der Waals surface area contributed by atoms with Crippen LogP contribution in [0.15, 0.2) is 4.47 Å². The molecule has 0 atom stereocenters. The summed E-state index contributed by atoms with van der Waals surface area (Å²) in [6.07, 6.45) is 0. The first-order valence-corrected chi connectivity index (χ1v) is 6.36. The molecule has 0 aliphatic heterocycles. The number of ether oxygens (including phenoxy) is 2. The molecule has 0 aliphatic rings. The average molecular weight is 355 g/mol. The van der Waals surface area contributed by atoms with Crippen LogP contribution in [0.1, 0.15) is 34.6 Å². The molecule has 0 aliphatic carbocycles. The van der Waals surface area contributed by atoms with Crippen LogP contribution in [0, 0.1) is 17.5 Å². The van der Waals surface area contributed by atoms with Gasteiger partial charge < -0.3 is 9.47 Å². The van der Waals surface area contributed by atoms with Crippen molar-refractivity contribution >= 4 is 27.9 Å². The summed E-state index contributed by atoms with van der Waals surface area (Å²) in [5, 5.41) is 0. The molecule has 0 bridgehead atoms. The molecule has 0 amide bonds. The summed E-state index contributed by atoms with van der Waals surface area (Å²) >= 11 is 2.47. The van der Waals surface area contributed by atoms with Crippen LogP contribution in [-0.2, 0) is 9.47 Å². The fraction of sp³-hybridized carbons (Fsp3) is 0.333. The van der Waals surface area contributed by atoms with Crippen molar-refractivity contribution in [3.8, 4) is 0 Å². The molecule has 110 valence electrons. The van der Waals surface area contributed by atoms with Crippen LogP contribution in [0.5, 0.6) is 0 Å². The summed E-state index contributed by atoms with van der Waals surface area (Å²) < 4.78 is 49.3. The number of rotatable bonds is 4. The SMILES string of the molecule is CCOC(=O)c1c(F)c(F)c(Br)c(F)c1C(=O)OCC. The van der Waals surface area contributed by atoms with Crippen molar-refractivity contribution in [2.75, 3.05) is 13.2 Å². The topological polar surface area (TPSA) is 52.6 Å². The third-order valence-electron chi connectivity index (χ3n) is 2.23. The average Bonchev–Trinajstić information content (AvgIpc) is 2.40. The Morgan fingerprint density at radius 1 is 0.900 bits per heavy atom. The van der Waals surface area contributed by atoms with Crippen molar-refractivity contribution in [3.05, 3.63) is 33.1 Å². The van der Waals surface area contributed by atoms with E-state index >= 15 is 0 Å². The molecular formula is C12H10BrF3O4. The minimum atomic E-state index is -1.68. The number of carbonyl (C=O) groups excluding carboxylic acids is 2. The quantitative estimate of drug-likeness (QED) is 0.473. The molecule has 20 heavy (non-hydrogen) atoms. The first-order valence-electron chi connectivity index (χ1n) is 5.56. The number of esters is 2. The Morgan fingerprint density at radius 3 is 1.70 bits per heavy atom. The molecular weight excluding hydrogens is 345 g/mol. The second kappa shape index (κ2) is 6.74. The van der Waals surface area contributed by atoms with Gasteiger partial charge in [0.1, 0.15) is 11.1 Å². The minimum absolute atomic E-state index is 0.128. The maximum Gasteiger partial charge on any atom is 0.342 e. The molecule has 0 saturated heterocycles. The Hall–Kier alpha value is -1.57. The number of hydrogen-bond acceptors (Lipinski definition) is 4. The maximum atomic E-state index is 13.9. The lowest BCUT2D eigenvalue weighted by molar-refractivity contribution is 0.0468. The summed E-state index contributed by atoms with van der Waals surface area (Å²) in [6.45, 7) is 2.58. The van der Waals surface area contributed by atoms with Crippen molar-refractivity contribution in [1.29, 1.82) is 0 Å². The molecule has 0 saturated carbocycles. The van der Waals surface area contributed by atoms with Gasteiger partial charge in [-0.25, -0.2) is 22.8 Å². The van der Waals surface area contributed by atoms with Gasteiger partial charge in [-0.15, -0.1) is 0 Å². The second-order valence-electron chi connectivity index (χ2n) is 3.45. The molecule has 0 unspecified atom stereocenters. The van der Waals surface area contributed by atoms with Crippen molar-refractivity contribution in [1.82, 2.24) is 0 Å². The fourth-order valence-corrected chi connectivity index (χ4v) is 1.79. The molecule has 0 N–H and O–H groups in total. The van der Waals surface area contributed by atoms with Gasteiger partial charge in [-0.05, 0) is 29.8 Å². The highest BCUT2D eigenvalue weighted by Crippen LogP contribution is 2.30. The van der Waals surface area contributed by atoms with Gasteiger partial charge in [-0.1, -0.05) is 0 Å². The van der Waals surface area contributed by atoms with Crippen molar-refractivity contribution < 1.29 is 32.2 Å². The van der Waals surface area contributed by atoms with E-state index in [0.717, 1.165) is 0 Å². The van der Waals surface area contributed by atoms with E-state index in [9.17, 15) is 22.8 Å². The monoisotopic (exact) mass is 354 g/mol. The van der Waals surface area contributed by atoms with Crippen LogP contribution in [0.2, 0.25) is 0 Å². The highest BCUT2D eigenvalue weighted by atomic mass is 79.9. The Kier molecular flexibility index (Phi) is 5.55. The van der Waals surface area contributed by atoms with E-state index in [1.165, 1.54) is 13.8 Å². The fourth-order valence-electron chi connectivity index (χ4n) is 1.42. The van der Waals surface area contributed by atoms with Crippen LogP contribution >= 0.6 is 15.9 Å². The van der Waals surface area contributed by atoms with Gasteiger partial charge in [0.15, 0.2) is 17.5 Å². The van der Waals surface area contributed by atoms with E-state index in [2.05, 4.69) is 25.4 Å². The summed E-state index contributed by atoms with van der Waals surface area (Å²) in [7, 11) is 0. The van der Waals surface area contributed by atoms with Crippen molar-refractivity contribution in [3.63, 3.8) is 0 Å².